The van der Waals surface area contributed by atoms with Crippen LogP contribution in [-0.4, -0.2) is 11.9 Å². The van der Waals surface area contributed by atoms with Gasteiger partial charge in [0, 0.05) is 11.9 Å². The van der Waals surface area contributed by atoms with Crippen LogP contribution >= 0.6 is 0 Å². The predicted octanol–water partition coefficient (Wildman–Crippen LogP) is -2.24. The zero-order chi connectivity index (χ0) is 18.8. The van der Waals surface area contributed by atoms with E-state index in [4.69, 9.17) is 0 Å². The molecule has 6 heteroatoms. The van der Waals surface area contributed by atoms with Gasteiger partial charge < -0.3 is 19.8 Å². The first-order valence-electron chi connectivity index (χ1n) is 10.5. The van der Waals surface area contributed by atoms with Gasteiger partial charge in [0.15, 0.2) is 0 Å². The summed E-state index contributed by atoms with van der Waals surface area (Å²) >= 11 is 0. The molecule has 4 nitrogen and oxygen atoms in total. The molecule has 0 aliphatic carbocycles. The molecule has 27 heavy (non-hydrogen) atoms. The van der Waals surface area contributed by atoms with E-state index in [0.29, 0.717) is 25.7 Å². The fourth-order valence-corrected chi connectivity index (χ4v) is 3.27. The molecule has 148 valence electrons. The molecule has 0 heterocycles. The van der Waals surface area contributed by atoms with E-state index in [0.717, 1.165) is 12.8 Å². The maximum absolute atomic E-state index is 11.1. The Bertz CT molecular complexity index is 338. The van der Waals surface area contributed by atoms with Crippen LogP contribution in [0, 0.1) is 5.92 Å². The van der Waals surface area contributed by atoms with Crippen molar-refractivity contribution in [2.45, 2.75) is 116 Å². The minimum absolute atomic E-state index is 0. The zero-order valence-corrected chi connectivity index (χ0v) is 18.2. The van der Waals surface area contributed by atoms with E-state index in [9.17, 15) is 19.8 Å². The molecular weight excluding hydrogens is 330 g/mol. The monoisotopic (exact) mass is 368 g/mol. The van der Waals surface area contributed by atoms with Gasteiger partial charge in [-0.05, 0) is 31.6 Å². The first-order chi connectivity index (χ1) is 12.1. The van der Waals surface area contributed by atoms with E-state index < -0.39 is 17.9 Å². The van der Waals surface area contributed by atoms with Crippen molar-refractivity contribution in [2.75, 3.05) is 0 Å². The normalized spacial score (nSPS) is 11.3. The van der Waals surface area contributed by atoms with Gasteiger partial charge in [0.2, 0.25) is 0 Å². The molecule has 0 radical (unpaired) electrons. The summed E-state index contributed by atoms with van der Waals surface area (Å²) in [4.78, 5) is 21.5. The van der Waals surface area contributed by atoms with E-state index in [-0.39, 0.29) is 44.1 Å². The molecule has 0 amide bonds. The number of carbonyl (C=O) groups excluding carboxylic acids is 2. The summed E-state index contributed by atoms with van der Waals surface area (Å²) in [6, 6.07) is 0. The average molecular weight is 368 g/mol. The summed E-state index contributed by atoms with van der Waals surface area (Å²) < 4.78 is 0. The van der Waals surface area contributed by atoms with E-state index in [1.807, 2.05) is 0 Å². The molecule has 0 aromatic rings. The Labute approximate surface area is 191 Å². The predicted molar refractivity (Wildman–Crippen MR) is 97.7 cm³/mol. The quantitative estimate of drug-likeness (QED) is 0.191. The molecule has 0 spiro atoms. The van der Waals surface area contributed by atoms with Crippen LogP contribution in [-0.2, 0) is 9.59 Å². The van der Waals surface area contributed by atoms with Crippen LogP contribution in [0.5, 0.6) is 0 Å². The topological polar surface area (TPSA) is 80.3 Å². The zero-order valence-electron chi connectivity index (χ0n) is 18.2. The van der Waals surface area contributed by atoms with Crippen molar-refractivity contribution in [1.82, 2.24) is 0 Å². The molecule has 0 N–H and O–H groups in total. The van der Waals surface area contributed by atoms with Gasteiger partial charge in [-0.2, -0.15) is 0 Å². The first-order valence-corrected chi connectivity index (χ1v) is 10.5. The Kier molecular flexibility index (Phi) is 28.5. The largest absolute Gasteiger partial charge is 1.00 e. The van der Waals surface area contributed by atoms with Crippen LogP contribution in [0.25, 0.3) is 0 Å². The number of hydrogen-bond donors (Lipinski definition) is 0. The van der Waals surface area contributed by atoms with Crippen LogP contribution in [0.2, 0.25) is 0 Å². The van der Waals surface area contributed by atoms with Gasteiger partial charge in [-0.25, -0.2) is 0 Å². The standard InChI is InChI=1S/C21H40O4.2Li/c1-2-3-4-5-6-7-8-9-10-11-12-13-16-19(21(24)25)17-14-15-18-20(22)23;;/h19H,2-18H2,1H3,(H,22,23)(H,24,25);;/q;2*+1/p-2. The van der Waals surface area contributed by atoms with E-state index in [2.05, 4.69) is 6.92 Å². The summed E-state index contributed by atoms with van der Waals surface area (Å²) in [5, 5.41) is 21.5. The molecule has 0 rings (SSSR count). The van der Waals surface area contributed by atoms with Gasteiger partial charge in [-0.1, -0.05) is 90.4 Å². The van der Waals surface area contributed by atoms with Gasteiger partial charge in [-0.15, -0.1) is 0 Å². The molecule has 1 unspecified atom stereocenters. The third-order valence-electron chi connectivity index (χ3n) is 4.92. The van der Waals surface area contributed by atoms with Crippen molar-refractivity contribution in [3.63, 3.8) is 0 Å². The number of carboxylic acids is 2. The summed E-state index contributed by atoms with van der Waals surface area (Å²) in [6.07, 6.45) is 17.5. The number of hydrogen-bond acceptors (Lipinski definition) is 4. The number of carboxylic acid groups (broad SMARTS) is 2. The Morgan fingerprint density at radius 3 is 1.37 bits per heavy atom. The van der Waals surface area contributed by atoms with Crippen LogP contribution < -0.4 is 47.9 Å². The molecule has 0 aliphatic rings. The van der Waals surface area contributed by atoms with E-state index >= 15 is 0 Å². The van der Waals surface area contributed by atoms with Crippen LogP contribution in [0.3, 0.4) is 0 Å². The fourth-order valence-electron chi connectivity index (χ4n) is 3.27. The van der Waals surface area contributed by atoms with Crippen molar-refractivity contribution >= 4 is 11.9 Å². The second-order valence-electron chi connectivity index (χ2n) is 7.31. The number of rotatable bonds is 19. The minimum atomic E-state index is -1.06. The van der Waals surface area contributed by atoms with Crippen molar-refractivity contribution in [3.8, 4) is 0 Å². The Morgan fingerprint density at radius 2 is 1.00 bits per heavy atom. The smallest absolute Gasteiger partial charge is 0.550 e. The van der Waals surface area contributed by atoms with Gasteiger partial charge in [0.1, 0.15) is 0 Å². The SMILES string of the molecule is CCCCCCCCCCCCCCC(CCCCC(=O)[O-])C(=O)[O-].[Li+].[Li+]. The number of carbonyl (C=O) groups is 2. The van der Waals surface area contributed by atoms with Crippen molar-refractivity contribution in [1.29, 1.82) is 0 Å². The van der Waals surface area contributed by atoms with Gasteiger partial charge in [0.05, 0.1) is 0 Å². The molecule has 0 fully saturated rings. The third kappa shape index (κ3) is 24.1. The molecule has 1 atom stereocenters. The molecule has 0 aromatic carbocycles. The molecule has 0 saturated carbocycles. The van der Waals surface area contributed by atoms with Gasteiger partial charge in [0.25, 0.3) is 0 Å². The molecular formula is C21H38Li2O4. The Morgan fingerprint density at radius 1 is 0.630 bits per heavy atom. The molecule has 0 aliphatic heterocycles. The minimum Gasteiger partial charge on any atom is -0.550 e. The molecule has 0 saturated heterocycles. The van der Waals surface area contributed by atoms with Gasteiger partial charge >= 0.3 is 37.7 Å². The summed E-state index contributed by atoms with van der Waals surface area (Å²) in [6.45, 7) is 2.24. The van der Waals surface area contributed by atoms with Gasteiger partial charge in [-0.3, -0.25) is 0 Å². The second kappa shape index (κ2) is 24.2. The Hall–Kier alpha value is 0.135. The van der Waals surface area contributed by atoms with Crippen LogP contribution in [0.4, 0.5) is 0 Å². The summed E-state index contributed by atoms with van der Waals surface area (Å²) in [7, 11) is 0. The molecule has 0 bridgehead atoms. The van der Waals surface area contributed by atoms with Crippen molar-refractivity contribution in [3.05, 3.63) is 0 Å². The first kappa shape index (κ1) is 31.8. The number of unbranched alkanes of at least 4 members (excludes halogenated alkanes) is 12. The van der Waals surface area contributed by atoms with Crippen molar-refractivity contribution < 1.29 is 57.5 Å². The maximum Gasteiger partial charge on any atom is 1.00 e. The van der Waals surface area contributed by atoms with Crippen molar-refractivity contribution in [2.24, 2.45) is 5.92 Å². The second-order valence-corrected chi connectivity index (χ2v) is 7.31. The van der Waals surface area contributed by atoms with E-state index in [1.165, 1.54) is 64.2 Å². The summed E-state index contributed by atoms with van der Waals surface area (Å²) in [5.41, 5.74) is 0. The van der Waals surface area contributed by atoms with Crippen LogP contribution in [0.1, 0.15) is 116 Å². The Balaban J connectivity index is -0.00000288. The average Bonchev–Trinajstić information content (AvgIpc) is 2.57. The summed E-state index contributed by atoms with van der Waals surface area (Å²) in [5.74, 6) is -2.48. The molecule has 0 aromatic heterocycles. The third-order valence-corrected chi connectivity index (χ3v) is 4.92. The fraction of sp³-hybridized carbons (Fsp3) is 0.905. The van der Waals surface area contributed by atoms with Crippen LogP contribution in [0.15, 0.2) is 0 Å². The maximum atomic E-state index is 11.1. The number of aliphatic carboxylic acids is 2. The van der Waals surface area contributed by atoms with E-state index in [1.54, 1.807) is 0 Å².